The van der Waals surface area contributed by atoms with Gasteiger partial charge in [0.1, 0.15) is 0 Å². The van der Waals surface area contributed by atoms with Crippen LogP contribution in [0.1, 0.15) is 36.3 Å². The number of anilines is 3. The van der Waals surface area contributed by atoms with Gasteiger partial charge in [-0.25, -0.2) is 0 Å². The summed E-state index contributed by atoms with van der Waals surface area (Å²) in [6.07, 6.45) is 10.4. The molecule has 51 heavy (non-hydrogen) atoms. The lowest BCUT2D eigenvalue weighted by atomic mass is 9.84. The van der Waals surface area contributed by atoms with E-state index in [0.29, 0.717) is 0 Å². The summed E-state index contributed by atoms with van der Waals surface area (Å²) in [5.41, 5.74) is 7.72. The molecular formula is C48H35NS2. The monoisotopic (exact) mass is 689 g/mol. The van der Waals surface area contributed by atoms with Gasteiger partial charge in [-0.3, -0.25) is 0 Å². The van der Waals surface area contributed by atoms with Crippen LogP contribution in [0.2, 0.25) is 0 Å². The molecule has 3 heteroatoms. The average Bonchev–Trinajstić information content (AvgIpc) is 3.75. The Kier molecular flexibility index (Phi) is 7.55. The molecule has 7 aromatic carbocycles. The second kappa shape index (κ2) is 12.7. The molecule has 9 aromatic rings. The van der Waals surface area contributed by atoms with Crippen molar-refractivity contribution in [1.29, 1.82) is 0 Å². The topological polar surface area (TPSA) is 3.24 Å². The van der Waals surface area contributed by atoms with Crippen LogP contribution in [0.15, 0.2) is 175 Å². The number of benzene rings is 7. The van der Waals surface area contributed by atoms with E-state index >= 15 is 0 Å². The van der Waals surface area contributed by atoms with Gasteiger partial charge in [0.2, 0.25) is 0 Å². The lowest BCUT2D eigenvalue weighted by Gasteiger charge is -2.27. The maximum Gasteiger partial charge on any atom is 0.0540 e. The second-order valence-electron chi connectivity index (χ2n) is 13.6. The number of allylic oxidation sites excluding steroid dienone is 4. The molecule has 0 spiro atoms. The number of fused-ring (bicyclic) bond motifs is 7. The molecule has 0 radical (unpaired) electrons. The Morgan fingerprint density at radius 1 is 0.490 bits per heavy atom. The zero-order chi connectivity index (χ0) is 33.7. The normalized spacial score (nSPS) is 13.8. The number of para-hydroxylation sites is 1. The van der Waals surface area contributed by atoms with Crippen molar-refractivity contribution in [3.63, 3.8) is 0 Å². The molecule has 0 saturated carbocycles. The Morgan fingerprint density at radius 3 is 2.06 bits per heavy atom. The molecule has 0 amide bonds. The van der Waals surface area contributed by atoms with Gasteiger partial charge in [-0.15, -0.1) is 22.7 Å². The van der Waals surface area contributed by atoms with Crippen molar-refractivity contribution in [2.75, 3.05) is 4.90 Å². The van der Waals surface area contributed by atoms with Gasteiger partial charge in [0, 0.05) is 63.0 Å². The predicted molar refractivity (Wildman–Crippen MR) is 224 cm³/mol. The van der Waals surface area contributed by atoms with Gasteiger partial charge >= 0.3 is 0 Å². The summed E-state index contributed by atoms with van der Waals surface area (Å²) < 4.78 is 5.38. The van der Waals surface area contributed by atoms with E-state index in [4.69, 9.17) is 0 Å². The summed E-state index contributed by atoms with van der Waals surface area (Å²) in [7, 11) is 0. The summed E-state index contributed by atoms with van der Waals surface area (Å²) in [6, 6.07) is 56.3. The van der Waals surface area contributed by atoms with E-state index in [0.717, 1.165) is 24.9 Å². The van der Waals surface area contributed by atoms with Crippen LogP contribution < -0.4 is 4.90 Å². The van der Waals surface area contributed by atoms with Gasteiger partial charge in [-0.1, -0.05) is 115 Å². The van der Waals surface area contributed by atoms with Gasteiger partial charge < -0.3 is 4.90 Å². The van der Waals surface area contributed by atoms with E-state index < -0.39 is 0 Å². The van der Waals surface area contributed by atoms with Gasteiger partial charge in [0.15, 0.2) is 0 Å². The van der Waals surface area contributed by atoms with Gasteiger partial charge in [-0.05, 0) is 96.4 Å². The fraction of sp³-hybridized carbons (Fsp3) is 0.0833. The largest absolute Gasteiger partial charge is 0.310 e. The second-order valence-corrected chi connectivity index (χ2v) is 15.7. The molecule has 244 valence electrons. The highest BCUT2D eigenvalue weighted by molar-refractivity contribution is 7.26. The van der Waals surface area contributed by atoms with Crippen molar-refractivity contribution in [3.8, 4) is 0 Å². The Balaban J connectivity index is 1.10. The third-order valence-corrected chi connectivity index (χ3v) is 12.8. The molecule has 0 N–H and O–H groups in total. The van der Waals surface area contributed by atoms with Crippen molar-refractivity contribution < 1.29 is 0 Å². The quantitative estimate of drug-likeness (QED) is 0.161. The molecule has 1 aliphatic rings. The first-order valence-electron chi connectivity index (χ1n) is 17.8. The Hall–Kier alpha value is -5.48. The zero-order valence-corrected chi connectivity index (χ0v) is 29.8. The fourth-order valence-electron chi connectivity index (χ4n) is 7.99. The summed E-state index contributed by atoms with van der Waals surface area (Å²) in [5, 5.41) is 7.84. The first kappa shape index (κ1) is 30.4. The molecule has 1 atom stereocenters. The first-order valence-corrected chi connectivity index (χ1v) is 19.5. The summed E-state index contributed by atoms with van der Waals surface area (Å²) >= 11 is 3.80. The van der Waals surface area contributed by atoms with Gasteiger partial charge in [0.25, 0.3) is 0 Å². The molecule has 0 saturated heterocycles. The molecule has 1 unspecified atom stereocenters. The smallest absolute Gasteiger partial charge is 0.0540 e. The Labute approximate surface area is 306 Å². The van der Waals surface area contributed by atoms with Gasteiger partial charge in [0.05, 0.1) is 5.69 Å². The predicted octanol–water partition coefficient (Wildman–Crippen LogP) is 14.8. The number of thiophene rings is 2. The van der Waals surface area contributed by atoms with E-state index in [1.807, 2.05) is 22.7 Å². The van der Waals surface area contributed by atoms with Crippen molar-refractivity contribution >= 4 is 90.9 Å². The maximum absolute atomic E-state index is 2.48. The first-order chi connectivity index (χ1) is 25.3. The molecule has 0 bridgehead atoms. The van der Waals surface area contributed by atoms with Crippen LogP contribution in [0.3, 0.4) is 0 Å². The van der Waals surface area contributed by atoms with Crippen molar-refractivity contribution in [2.24, 2.45) is 0 Å². The van der Waals surface area contributed by atoms with Crippen LogP contribution in [0, 0.1) is 0 Å². The minimum absolute atomic E-state index is 0.271. The summed E-state index contributed by atoms with van der Waals surface area (Å²) in [4.78, 5) is 2.41. The van der Waals surface area contributed by atoms with Crippen molar-refractivity contribution in [1.82, 2.24) is 0 Å². The van der Waals surface area contributed by atoms with E-state index in [9.17, 15) is 0 Å². The van der Waals surface area contributed by atoms with Crippen LogP contribution >= 0.6 is 22.7 Å². The minimum atomic E-state index is 0.271. The molecule has 0 fully saturated rings. The lowest BCUT2D eigenvalue weighted by Crippen LogP contribution is -2.10. The number of hydrogen-bond donors (Lipinski definition) is 0. The van der Waals surface area contributed by atoms with Crippen molar-refractivity contribution in [3.05, 3.63) is 187 Å². The van der Waals surface area contributed by atoms with E-state index in [1.165, 1.54) is 79.2 Å². The van der Waals surface area contributed by atoms with Crippen LogP contribution in [0.4, 0.5) is 17.1 Å². The molecule has 1 aliphatic carbocycles. The number of rotatable bonds is 7. The zero-order valence-electron chi connectivity index (χ0n) is 28.1. The van der Waals surface area contributed by atoms with Gasteiger partial charge in [-0.2, -0.15) is 0 Å². The van der Waals surface area contributed by atoms with Crippen LogP contribution in [-0.4, -0.2) is 0 Å². The van der Waals surface area contributed by atoms with E-state index in [-0.39, 0.29) is 5.92 Å². The summed E-state index contributed by atoms with van der Waals surface area (Å²) in [5.74, 6) is 0.271. The highest BCUT2D eigenvalue weighted by Crippen LogP contribution is 2.45. The summed E-state index contributed by atoms with van der Waals surface area (Å²) in [6.45, 7) is 0. The molecule has 2 aromatic heterocycles. The minimum Gasteiger partial charge on any atom is -0.310 e. The molecule has 1 nitrogen and oxygen atoms in total. The lowest BCUT2D eigenvalue weighted by molar-refractivity contribution is 0.799. The van der Waals surface area contributed by atoms with Crippen LogP contribution in [-0.2, 0) is 0 Å². The Morgan fingerprint density at radius 2 is 1.18 bits per heavy atom. The van der Waals surface area contributed by atoms with E-state index in [1.54, 1.807) is 0 Å². The molecular weight excluding hydrogens is 655 g/mol. The highest BCUT2D eigenvalue weighted by atomic mass is 32.1. The molecule has 2 heterocycles. The molecule has 0 aliphatic heterocycles. The van der Waals surface area contributed by atoms with Crippen LogP contribution in [0.25, 0.3) is 51.1 Å². The average molecular weight is 690 g/mol. The van der Waals surface area contributed by atoms with Crippen LogP contribution in [0.5, 0.6) is 0 Å². The van der Waals surface area contributed by atoms with Crippen molar-refractivity contribution in [2.45, 2.75) is 25.2 Å². The maximum atomic E-state index is 2.48. The SMILES string of the molecule is C1=CC(CC(c2ccc3c(c2)sc2ccc(N(c4ccccc4)c4cccc5ccccc45)cc23)c2ccc3sc4ccccc4c3c2)=CCC1. The third kappa shape index (κ3) is 5.45. The number of hydrogen-bond acceptors (Lipinski definition) is 3. The fourth-order valence-corrected chi connectivity index (χ4v) is 10.2. The molecule has 10 rings (SSSR count). The Bertz CT molecular complexity index is 2790. The van der Waals surface area contributed by atoms with E-state index in [2.05, 4.69) is 175 Å². The standard InChI is InChI=1S/C48H35NS2/c1-3-12-32(13-4-1)28-41(34-23-26-46-42(29-34)39-19-9-10-21-45(39)50-46)35-22-25-40-43-31-37(24-27-47(43)51-48(40)30-35)49(36-16-5-2-6-17-36)44-20-11-15-33-14-7-8-18-38(33)44/h2-3,5-27,29-31,41H,1,4,28H2. The highest BCUT2D eigenvalue weighted by Gasteiger charge is 2.21. The number of nitrogens with zero attached hydrogens (tertiary/aromatic N) is 1. The third-order valence-electron chi connectivity index (χ3n) is 10.5.